The molecular formula is C19H19F3N2O4. The summed E-state index contributed by atoms with van der Waals surface area (Å²) >= 11 is 0. The highest BCUT2D eigenvalue weighted by Gasteiger charge is 2.30. The van der Waals surface area contributed by atoms with E-state index in [9.17, 15) is 22.8 Å². The minimum absolute atomic E-state index is 0.270. The van der Waals surface area contributed by atoms with Gasteiger partial charge in [0.1, 0.15) is 0 Å². The third-order valence-corrected chi connectivity index (χ3v) is 4.12. The molecule has 150 valence electrons. The summed E-state index contributed by atoms with van der Waals surface area (Å²) in [5.41, 5.74) is 2.35. The van der Waals surface area contributed by atoms with Crippen molar-refractivity contribution >= 4 is 11.9 Å². The molecule has 0 saturated carbocycles. The van der Waals surface area contributed by atoms with Crippen molar-refractivity contribution in [2.75, 3.05) is 6.54 Å². The molecule has 1 aliphatic rings. The minimum Gasteiger partial charge on any atom is -0.478 e. The molecule has 0 radical (unpaired) electrons. The number of carbonyl (C=O) groups is 2. The number of hydrogen-bond acceptors (Lipinski definition) is 3. The van der Waals surface area contributed by atoms with Crippen molar-refractivity contribution in [3.05, 3.63) is 59.8 Å². The van der Waals surface area contributed by atoms with Crippen molar-refractivity contribution in [1.29, 1.82) is 0 Å². The number of aromatic nitrogens is 1. The second-order valence-electron chi connectivity index (χ2n) is 6.06. The maximum absolute atomic E-state index is 12.6. The number of nitrogens with one attached hydrogen (secondary N) is 1. The first-order valence-corrected chi connectivity index (χ1v) is 8.34. The van der Waals surface area contributed by atoms with Crippen LogP contribution in [0, 0.1) is 0 Å². The van der Waals surface area contributed by atoms with Crippen LogP contribution in [-0.2, 0) is 22.3 Å². The van der Waals surface area contributed by atoms with Gasteiger partial charge in [0.05, 0.1) is 5.56 Å². The van der Waals surface area contributed by atoms with E-state index in [1.807, 2.05) is 12.1 Å². The molecule has 0 spiro atoms. The number of fused-ring (bicyclic) bond motifs is 1. The van der Waals surface area contributed by atoms with E-state index in [1.54, 1.807) is 0 Å². The number of carboxylic acid groups (broad SMARTS) is 2. The quantitative estimate of drug-likeness (QED) is 0.691. The van der Waals surface area contributed by atoms with E-state index in [1.165, 1.54) is 17.8 Å². The molecule has 0 amide bonds. The van der Waals surface area contributed by atoms with Gasteiger partial charge in [-0.15, -0.1) is 0 Å². The van der Waals surface area contributed by atoms with Gasteiger partial charge in [0.2, 0.25) is 0 Å². The summed E-state index contributed by atoms with van der Waals surface area (Å²) < 4.78 is 39.9. The van der Waals surface area contributed by atoms with E-state index < -0.39 is 23.7 Å². The Kier molecular flexibility index (Phi) is 6.63. The maximum Gasteiger partial charge on any atom is 0.416 e. The van der Waals surface area contributed by atoms with Crippen molar-refractivity contribution in [1.82, 2.24) is 9.88 Å². The van der Waals surface area contributed by atoms with E-state index in [0.29, 0.717) is 12.2 Å². The van der Waals surface area contributed by atoms with Gasteiger partial charge in [0, 0.05) is 42.7 Å². The maximum atomic E-state index is 12.6. The van der Waals surface area contributed by atoms with Crippen LogP contribution in [0.5, 0.6) is 0 Å². The van der Waals surface area contributed by atoms with Crippen LogP contribution in [-0.4, -0.2) is 33.3 Å². The van der Waals surface area contributed by atoms with Crippen LogP contribution >= 0.6 is 0 Å². The van der Waals surface area contributed by atoms with E-state index in [0.717, 1.165) is 36.5 Å². The lowest BCUT2D eigenvalue weighted by Gasteiger charge is -2.25. The molecule has 2 heterocycles. The van der Waals surface area contributed by atoms with E-state index in [2.05, 4.69) is 16.8 Å². The Hall–Kier alpha value is -3.07. The summed E-state index contributed by atoms with van der Waals surface area (Å²) in [4.78, 5) is 19.1. The topological polar surface area (TPSA) is 91.6 Å². The Bertz CT molecular complexity index is 854. The molecule has 9 heteroatoms. The van der Waals surface area contributed by atoms with Crippen LogP contribution in [0.4, 0.5) is 13.2 Å². The summed E-state index contributed by atoms with van der Waals surface area (Å²) in [5, 5.41) is 19.0. The van der Waals surface area contributed by atoms with Crippen molar-refractivity contribution < 1.29 is 33.0 Å². The van der Waals surface area contributed by atoms with Crippen LogP contribution in [0.1, 0.15) is 24.2 Å². The smallest absolute Gasteiger partial charge is 0.416 e. The molecule has 1 aliphatic heterocycles. The number of aliphatic carboxylic acids is 2. The van der Waals surface area contributed by atoms with Gasteiger partial charge in [0.25, 0.3) is 0 Å². The Balaban J connectivity index is 0.000000300. The molecule has 0 fully saturated rings. The molecule has 1 aromatic heterocycles. The zero-order valence-corrected chi connectivity index (χ0v) is 14.9. The van der Waals surface area contributed by atoms with E-state index >= 15 is 0 Å². The number of nitrogens with zero attached hydrogens (tertiary/aromatic N) is 1. The van der Waals surface area contributed by atoms with Crippen molar-refractivity contribution in [2.45, 2.75) is 25.7 Å². The third kappa shape index (κ3) is 5.46. The summed E-state index contributed by atoms with van der Waals surface area (Å²) in [7, 11) is 0. The number of halogens is 3. The fourth-order valence-corrected chi connectivity index (χ4v) is 2.83. The normalized spacial score (nSPS) is 16.2. The predicted molar refractivity (Wildman–Crippen MR) is 95.7 cm³/mol. The summed E-state index contributed by atoms with van der Waals surface area (Å²) in [6, 6.07) is 9.63. The Morgan fingerprint density at radius 1 is 1.07 bits per heavy atom. The average molecular weight is 396 g/mol. The second kappa shape index (κ2) is 8.75. The molecule has 1 atom stereocenters. The van der Waals surface area contributed by atoms with Crippen molar-refractivity contribution in [3.63, 3.8) is 0 Å². The van der Waals surface area contributed by atoms with Gasteiger partial charge >= 0.3 is 18.1 Å². The van der Waals surface area contributed by atoms with Gasteiger partial charge in [0.15, 0.2) is 0 Å². The number of benzene rings is 1. The highest BCUT2D eigenvalue weighted by atomic mass is 19.4. The molecule has 0 bridgehead atoms. The third-order valence-electron chi connectivity index (χ3n) is 4.12. The molecule has 3 rings (SSSR count). The zero-order valence-electron chi connectivity index (χ0n) is 14.9. The van der Waals surface area contributed by atoms with E-state index in [-0.39, 0.29) is 6.04 Å². The van der Waals surface area contributed by atoms with Crippen LogP contribution in [0.3, 0.4) is 0 Å². The van der Waals surface area contributed by atoms with Crippen LogP contribution in [0.15, 0.2) is 48.6 Å². The second-order valence-corrected chi connectivity index (χ2v) is 6.06. The van der Waals surface area contributed by atoms with Gasteiger partial charge in [-0.05, 0) is 36.8 Å². The first-order valence-electron chi connectivity index (χ1n) is 8.34. The average Bonchev–Trinajstić information content (AvgIpc) is 3.05. The number of carboxylic acids is 2. The lowest BCUT2D eigenvalue weighted by atomic mass is 10.1. The monoisotopic (exact) mass is 396 g/mol. The molecule has 1 aromatic carbocycles. The van der Waals surface area contributed by atoms with Crippen LogP contribution < -0.4 is 5.32 Å². The summed E-state index contributed by atoms with van der Waals surface area (Å²) in [6.45, 7) is 3.79. The van der Waals surface area contributed by atoms with Gasteiger partial charge < -0.3 is 20.1 Å². The first kappa shape index (κ1) is 21.2. The minimum atomic E-state index is -4.28. The highest BCUT2D eigenvalue weighted by molar-refractivity contribution is 5.89. The van der Waals surface area contributed by atoms with Crippen LogP contribution in [0.25, 0.3) is 11.3 Å². The molecule has 0 aliphatic carbocycles. The summed E-state index contributed by atoms with van der Waals surface area (Å²) in [6.07, 6.45) is -3.17. The van der Waals surface area contributed by atoms with Gasteiger partial charge in [-0.1, -0.05) is 12.1 Å². The van der Waals surface area contributed by atoms with Gasteiger partial charge in [-0.2, -0.15) is 13.2 Å². The van der Waals surface area contributed by atoms with Gasteiger partial charge in [-0.25, -0.2) is 9.59 Å². The number of alkyl halides is 3. The molecule has 1 unspecified atom stereocenters. The molecule has 6 nitrogen and oxygen atoms in total. The Morgan fingerprint density at radius 2 is 1.64 bits per heavy atom. The van der Waals surface area contributed by atoms with E-state index in [4.69, 9.17) is 10.2 Å². The van der Waals surface area contributed by atoms with Crippen molar-refractivity contribution in [3.8, 4) is 11.3 Å². The lowest BCUT2D eigenvalue weighted by Crippen LogP contribution is -2.31. The first-order chi connectivity index (χ1) is 13.1. The number of hydrogen-bond donors (Lipinski definition) is 3. The zero-order chi connectivity index (χ0) is 20.9. The van der Waals surface area contributed by atoms with Gasteiger partial charge in [-0.3, -0.25) is 0 Å². The predicted octanol–water partition coefficient (Wildman–Crippen LogP) is 3.55. The fourth-order valence-electron chi connectivity index (χ4n) is 2.83. The standard InChI is InChI=1S/C15H15F3N2.C4H4O4/c1-10-13-6-7-14(20(13)9-8-19-10)11-2-4-12(5-3-11)15(16,17)18;5-3(6)1-2-4(7)8/h2-7,10,19H,8-9H2,1H3;1-2H,(H,5,6)(H,7,8). The Labute approximate surface area is 158 Å². The number of rotatable bonds is 3. The molecule has 28 heavy (non-hydrogen) atoms. The largest absolute Gasteiger partial charge is 0.478 e. The molecule has 0 saturated heterocycles. The lowest BCUT2D eigenvalue weighted by molar-refractivity contribution is -0.137. The van der Waals surface area contributed by atoms with Crippen molar-refractivity contribution in [2.24, 2.45) is 0 Å². The molecule has 2 aromatic rings. The highest BCUT2D eigenvalue weighted by Crippen LogP contribution is 2.32. The SMILES string of the molecule is CC1NCCn2c(-c3ccc(C(F)(F)F)cc3)ccc21.O=C(O)C=CC(=O)O. The molecule has 3 N–H and O–H groups in total. The molecular weight excluding hydrogens is 377 g/mol. The fraction of sp³-hybridized carbons (Fsp3) is 0.263. The van der Waals surface area contributed by atoms with Crippen LogP contribution in [0.2, 0.25) is 0 Å². The Morgan fingerprint density at radius 3 is 2.14 bits per heavy atom. The summed E-state index contributed by atoms with van der Waals surface area (Å²) in [5.74, 6) is -2.51.